The number of fused-ring (bicyclic) bond motifs is 1. The number of imidazole rings is 1. The molecule has 9 nitrogen and oxygen atoms in total. The molecule has 36 heavy (non-hydrogen) atoms. The molecule has 3 heterocycles. The Morgan fingerprint density at radius 3 is 2.75 bits per heavy atom. The van der Waals surface area contributed by atoms with Gasteiger partial charge in [-0.2, -0.15) is 4.98 Å². The first-order valence-electron chi connectivity index (χ1n) is 11.8. The first-order valence-corrected chi connectivity index (χ1v) is 12.2. The topological polar surface area (TPSA) is 104 Å². The predicted octanol–water partition coefficient (Wildman–Crippen LogP) is 4.73. The fourth-order valence-electron chi connectivity index (χ4n) is 3.98. The molecule has 4 aromatic rings. The van der Waals surface area contributed by atoms with Crippen molar-refractivity contribution < 1.29 is 14.3 Å². The highest BCUT2D eigenvalue weighted by molar-refractivity contribution is 6.33. The largest absolute Gasteiger partial charge is 0.470 e. The van der Waals surface area contributed by atoms with E-state index in [2.05, 4.69) is 31.9 Å². The number of amides is 1. The summed E-state index contributed by atoms with van der Waals surface area (Å²) in [5, 5.41) is 3.22. The number of aromatic nitrogens is 5. The molecule has 0 bridgehead atoms. The lowest BCUT2D eigenvalue weighted by molar-refractivity contribution is 0.171. The minimum absolute atomic E-state index is 0.207. The van der Waals surface area contributed by atoms with Crippen LogP contribution in [-0.2, 0) is 17.7 Å². The van der Waals surface area contributed by atoms with Crippen LogP contribution in [0.4, 0.5) is 4.79 Å². The third kappa shape index (κ3) is 5.11. The third-order valence-electron chi connectivity index (χ3n) is 6.23. The average molecular weight is 507 g/mol. The molecule has 3 aromatic heterocycles. The number of carbonyl (C=O) groups is 1. The standard InChI is InChI=1S/C26H27ClN6O3/c1-16-6-10-28-18(12-16)14-33-22(19-5-4-17(13-20(19)27)7-11-29-25(34)35-3)32-21-23(33)30-15-31-24(21)36-26(2)8-9-26/h4-6,10,12-13,15H,7-9,11,14H2,1-3H3,(H,29,34). The fraction of sp³-hybridized carbons (Fsp3) is 0.346. The molecular weight excluding hydrogens is 480 g/mol. The van der Waals surface area contributed by atoms with Crippen LogP contribution in [0.15, 0.2) is 42.9 Å². The van der Waals surface area contributed by atoms with Gasteiger partial charge in [0.25, 0.3) is 0 Å². The van der Waals surface area contributed by atoms with Crippen molar-refractivity contribution >= 4 is 28.9 Å². The van der Waals surface area contributed by atoms with Crippen molar-refractivity contribution in [2.45, 2.75) is 45.3 Å². The Morgan fingerprint density at radius 1 is 1.19 bits per heavy atom. The second-order valence-electron chi connectivity index (χ2n) is 9.23. The Balaban J connectivity index is 1.54. The van der Waals surface area contributed by atoms with Crippen LogP contribution in [0.1, 0.15) is 36.6 Å². The molecule has 1 aliphatic carbocycles. The van der Waals surface area contributed by atoms with Crippen LogP contribution in [-0.4, -0.2) is 49.9 Å². The van der Waals surface area contributed by atoms with Gasteiger partial charge in [0.15, 0.2) is 11.2 Å². The molecule has 1 amide bonds. The summed E-state index contributed by atoms with van der Waals surface area (Å²) in [5.41, 5.74) is 4.78. The van der Waals surface area contributed by atoms with Crippen molar-refractivity contribution in [1.82, 2.24) is 29.8 Å². The summed E-state index contributed by atoms with van der Waals surface area (Å²) < 4.78 is 12.8. The van der Waals surface area contributed by atoms with Gasteiger partial charge in [0.2, 0.25) is 5.88 Å². The third-order valence-corrected chi connectivity index (χ3v) is 6.54. The Kier molecular flexibility index (Phi) is 6.49. The van der Waals surface area contributed by atoms with E-state index in [0.717, 1.165) is 35.2 Å². The van der Waals surface area contributed by atoms with Gasteiger partial charge in [0.1, 0.15) is 17.8 Å². The molecule has 10 heteroatoms. The Hall–Kier alpha value is -3.72. The number of ether oxygens (including phenoxy) is 2. The summed E-state index contributed by atoms with van der Waals surface area (Å²) in [5.74, 6) is 1.13. The first kappa shape index (κ1) is 24.0. The fourth-order valence-corrected chi connectivity index (χ4v) is 4.27. The lowest BCUT2D eigenvalue weighted by atomic mass is 10.1. The van der Waals surface area contributed by atoms with Crippen molar-refractivity contribution in [3.05, 3.63) is 64.7 Å². The van der Waals surface area contributed by atoms with E-state index in [0.29, 0.717) is 47.4 Å². The minimum atomic E-state index is -0.463. The van der Waals surface area contributed by atoms with E-state index in [9.17, 15) is 4.79 Å². The second-order valence-corrected chi connectivity index (χ2v) is 9.64. The molecule has 1 saturated carbocycles. The number of hydrogen-bond donors (Lipinski definition) is 1. The van der Waals surface area contributed by atoms with Crippen LogP contribution in [0.2, 0.25) is 5.02 Å². The van der Waals surface area contributed by atoms with Gasteiger partial charge in [0, 0.05) is 18.3 Å². The van der Waals surface area contributed by atoms with Gasteiger partial charge in [-0.3, -0.25) is 4.98 Å². The number of hydrogen-bond acceptors (Lipinski definition) is 7. The summed E-state index contributed by atoms with van der Waals surface area (Å²) in [6.07, 6.45) is 5.42. The van der Waals surface area contributed by atoms with Crippen LogP contribution in [0.5, 0.6) is 5.88 Å². The minimum Gasteiger partial charge on any atom is -0.470 e. The van der Waals surface area contributed by atoms with Crippen LogP contribution in [0.3, 0.4) is 0 Å². The van der Waals surface area contributed by atoms with E-state index in [1.165, 1.54) is 13.4 Å². The maximum Gasteiger partial charge on any atom is 0.406 e. The number of aryl methyl sites for hydroxylation is 1. The molecule has 1 fully saturated rings. The summed E-state index contributed by atoms with van der Waals surface area (Å²) >= 11 is 6.77. The number of benzene rings is 1. The molecular formula is C26H27ClN6O3. The number of carbonyl (C=O) groups excluding carboxylic acids is 1. The molecule has 1 N–H and O–H groups in total. The SMILES string of the molecule is COC(=O)NCCc1ccc(-c2nc3c(OC4(C)CC4)ncnc3n2Cc2cc(C)ccn2)c(Cl)c1. The summed E-state index contributed by atoms with van der Waals surface area (Å²) in [6, 6.07) is 9.80. The highest BCUT2D eigenvalue weighted by Gasteiger charge is 2.41. The molecule has 1 aromatic carbocycles. The highest BCUT2D eigenvalue weighted by Crippen LogP contribution is 2.41. The number of nitrogens with zero attached hydrogens (tertiary/aromatic N) is 5. The van der Waals surface area contributed by atoms with Crippen molar-refractivity contribution in [2.75, 3.05) is 13.7 Å². The van der Waals surface area contributed by atoms with E-state index in [1.54, 1.807) is 6.20 Å². The molecule has 186 valence electrons. The van der Waals surface area contributed by atoms with Crippen LogP contribution in [0, 0.1) is 6.92 Å². The second kappa shape index (κ2) is 9.73. The number of methoxy groups -OCH3 is 1. The lowest BCUT2D eigenvalue weighted by Crippen LogP contribution is -2.25. The van der Waals surface area contributed by atoms with Gasteiger partial charge in [-0.1, -0.05) is 17.7 Å². The predicted molar refractivity (Wildman–Crippen MR) is 136 cm³/mol. The van der Waals surface area contributed by atoms with E-state index in [1.807, 2.05) is 41.8 Å². The zero-order valence-electron chi connectivity index (χ0n) is 20.4. The van der Waals surface area contributed by atoms with Gasteiger partial charge in [-0.25, -0.2) is 14.8 Å². The van der Waals surface area contributed by atoms with Gasteiger partial charge in [0.05, 0.1) is 24.4 Å². The number of nitrogens with one attached hydrogen (secondary N) is 1. The van der Waals surface area contributed by atoms with Crippen molar-refractivity contribution in [2.24, 2.45) is 0 Å². The Labute approximate surface area is 213 Å². The number of pyridine rings is 1. The number of rotatable bonds is 8. The van der Waals surface area contributed by atoms with Crippen molar-refractivity contribution in [1.29, 1.82) is 0 Å². The van der Waals surface area contributed by atoms with Crippen molar-refractivity contribution in [3.8, 4) is 17.3 Å². The van der Waals surface area contributed by atoms with Crippen LogP contribution >= 0.6 is 11.6 Å². The van der Waals surface area contributed by atoms with Gasteiger partial charge in [-0.05, 0) is 68.5 Å². The Bertz CT molecular complexity index is 1430. The van der Waals surface area contributed by atoms with Crippen LogP contribution < -0.4 is 10.1 Å². The quantitative estimate of drug-likeness (QED) is 0.368. The van der Waals surface area contributed by atoms with Crippen LogP contribution in [0.25, 0.3) is 22.6 Å². The maximum atomic E-state index is 11.3. The molecule has 0 unspecified atom stereocenters. The number of alkyl carbamates (subject to hydrolysis) is 1. The molecule has 0 atom stereocenters. The normalized spacial score (nSPS) is 14.0. The summed E-state index contributed by atoms with van der Waals surface area (Å²) in [4.78, 5) is 29.7. The van der Waals surface area contributed by atoms with E-state index in [-0.39, 0.29) is 5.60 Å². The molecule has 0 saturated heterocycles. The van der Waals surface area contributed by atoms with E-state index < -0.39 is 6.09 Å². The number of halogens is 1. The monoisotopic (exact) mass is 506 g/mol. The summed E-state index contributed by atoms with van der Waals surface area (Å²) in [7, 11) is 1.34. The van der Waals surface area contributed by atoms with Gasteiger partial charge >= 0.3 is 6.09 Å². The molecule has 0 aliphatic heterocycles. The maximum absolute atomic E-state index is 11.3. The smallest absolute Gasteiger partial charge is 0.406 e. The summed E-state index contributed by atoms with van der Waals surface area (Å²) in [6.45, 7) is 5.00. The van der Waals surface area contributed by atoms with Gasteiger partial charge in [-0.15, -0.1) is 0 Å². The van der Waals surface area contributed by atoms with E-state index >= 15 is 0 Å². The first-order chi connectivity index (χ1) is 17.3. The Morgan fingerprint density at radius 2 is 2.03 bits per heavy atom. The molecule has 5 rings (SSSR count). The molecule has 0 radical (unpaired) electrons. The van der Waals surface area contributed by atoms with Crippen molar-refractivity contribution in [3.63, 3.8) is 0 Å². The zero-order chi connectivity index (χ0) is 25.3. The molecule has 1 aliphatic rings. The zero-order valence-corrected chi connectivity index (χ0v) is 21.2. The van der Waals surface area contributed by atoms with E-state index in [4.69, 9.17) is 21.3 Å². The average Bonchev–Trinajstić information content (AvgIpc) is 3.47. The lowest BCUT2D eigenvalue weighted by Gasteiger charge is -2.12. The highest BCUT2D eigenvalue weighted by atomic mass is 35.5. The molecule has 0 spiro atoms. The van der Waals surface area contributed by atoms with Gasteiger partial charge < -0.3 is 19.4 Å².